The van der Waals surface area contributed by atoms with Crippen molar-refractivity contribution in [2.24, 2.45) is 5.73 Å². The van der Waals surface area contributed by atoms with Crippen LogP contribution in [0, 0.1) is 0 Å². The molecule has 1 fully saturated rings. The highest BCUT2D eigenvalue weighted by Gasteiger charge is 2.48. The highest BCUT2D eigenvalue weighted by atomic mass is 32.2. The Bertz CT molecular complexity index is 362. The first kappa shape index (κ1) is 17.1. The van der Waals surface area contributed by atoms with Crippen molar-refractivity contribution in [1.29, 1.82) is 0 Å². The van der Waals surface area contributed by atoms with E-state index in [-0.39, 0.29) is 12.5 Å². The fraction of sp³-hybridized carbons (Fsp3) is 0.846. The van der Waals surface area contributed by atoms with Gasteiger partial charge in [0.2, 0.25) is 0 Å². The fourth-order valence-corrected chi connectivity index (χ4v) is 3.47. The van der Waals surface area contributed by atoms with E-state index in [1.54, 1.807) is 16.7 Å². The molecular formula is C13H24N2O4S. The van der Waals surface area contributed by atoms with Gasteiger partial charge in [-0.3, -0.25) is 4.79 Å². The van der Waals surface area contributed by atoms with E-state index in [4.69, 9.17) is 15.6 Å². The number of rotatable bonds is 6. The minimum Gasteiger partial charge on any atom is -0.481 e. The topological polar surface area (TPSA) is 92.9 Å². The minimum atomic E-state index is -0.839. The maximum Gasteiger partial charge on any atom is 0.410 e. The normalized spacial score (nSPS) is 17.5. The van der Waals surface area contributed by atoms with Crippen LogP contribution in [0.2, 0.25) is 0 Å². The number of carbonyl (C=O) groups excluding carboxylic acids is 1. The van der Waals surface area contributed by atoms with Crippen LogP contribution >= 0.6 is 11.8 Å². The molecule has 0 aromatic rings. The standard InChI is InChI=1S/C13H24N2O4S/c1-12(2,3)19-11(18)15-8-13(9-15,7-10(16)17)20-6-4-5-14/h4-9,14H2,1-3H3,(H,16,17). The molecule has 1 aliphatic rings. The molecule has 1 heterocycles. The van der Waals surface area contributed by atoms with Gasteiger partial charge in [-0.05, 0) is 39.5 Å². The average molecular weight is 304 g/mol. The molecule has 6 nitrogen and oxygen atoms in total. The van der Waals surface area contributed by atoms with Crippen molar-refractivity contribution in [3.05, 3.63) is 0 Å². The second kappa shape index (κ2) is 6.67. The first-order valence-electron chi connectivity index (χ1n) is 6.71. The number of ether oxygens (including phenoxy) is 1. The Morgan fingerprint density at radius 3 is 2.45 bits per heavy atom. The van der Waals surface area contributed by atoms with Gasteiger partial charge in [-0.2, -0.15) is 11.8 Å². The van der Waals surface area contributed by atoms with Crippen molar-refractivity contribution < 1.29 is 19.4 Å². The smallest absolute Gasteiger partial charge is 0.410 e. The number of carboxylic acids is 1. The second-order valence-electron chi connectivity index (χ2n) is 6.08. The van der Waals surface area contributed by atoms with Gasteiger partial charge < -0.3 is 20.5 Å². The Balaban J connectivity index is 2.52. The van der Waals surface area contributed by atoms with Gasteiger partial charge in [0.1, 0.15) is 5.60 Å². The number of hydrogen-bond acceptors (Lipinski definition) is 5. The zero-order valence-corrected chi connectivity index (χ0v) is 13.2. The van der Waals surface area contributed by atoms with Crippen molar-refractivity contribution in [1.82, 2.24) is 4.90 Å². The van der Waals surface area contributed by atoms with E-state index >= 15 is 0 Å². The van der Waals surface area contributed by atoms with Gasteiger partial charge >= 0.3 is 12.1 Å². The largest absolute Gasteiger partial charge is 0.481 e. The number of likely N-dealkylation sites (tertiary alicyclic amines) is 1. The monoisotopic (exact) mass is 304 g/mol. The molecule has 1 aliphatic heterocycles. The number of amides is 1. The summed E-state index contributed by atoms with van der Waals surface area (Å²) in [6.45, 7) is 6.86. The number of nitrogens with zero attached hydrogens (tertiary/aromatic N) is 1. The summed E-state index contributed by atoms with van der Waals surface area (Å²) >= 11 is 1.59. The number of carboxylic acid groups (broad SMARTS) is 1. The molecule has 0 saturated carbocycles. The quantitative estimate of drug-likeness (QED) is 0.723. The van der Waals surface area contributed by atoms with Gasteiger partial charge in [-0.25, -0.2) is 4.79 Å². The zero-order valence-electron chi connectivity index (χ0n) is 12.3. The van der Waals surface area contributed by atoms with Gasteiger partial charge in [0.05, 0.1) is 11.2 Å². The molecule has 0 unspecified atom stereocenters. The van der Waals surface area contributed by atoms with E-state index in [1.165, 1.54) is 0 Å². The summed E-state index contributed by atoms with van der Waals surface area (Å²) in [6, 6.07) is 0. The molecule has 0 radical (unpaired) electrons. The molecule has 3 N–H and O–H groups in total. The van der Waals surface area contributed by atoms with Crippen molar-refractivity contribution in [3.8, 4) is 0 Å². The van der Waals surface area contributed by atoms with Gasteiger partial charge in [0.15, 0.2) is 0 Å². The lowest BCUT2D eigenvalue weighted by Gasteiger charge is -2.48. The summed E-state index contributed by atoms with van der Waals surface area (Å²) in [5.41, 5.74) is 4.92. The Labute approximate surface area is 124 Å². The molecule has 1 amide bonds. The summed E-state index contributed by atoms with van der Waals surface area (Å²) in [7, 11) is 0. The molecule has 0 bridgehead atoms. The van der Waals surface area contributed by atoms with E-state index in [0.717, 1.165) is 12.2 Å². The summed E-state index contributed by atoms with van der Waals surface area (Å²) < 4.78 is 4.88. The lowest BCUT2D eigenvalue weighted by molar-refractivity contribution is -0.138. The molecule has 1 saturated heterocycles. The van der Waals surface area contributed by atoms with Gasteiger partial charge in [0, 0.05) is 13.1 Å². The third kappa shape index (κ3) is 5.20. The summed E-state index contributed by atoms with van der Waals surface area (Å²) in [5, 5.41) is 9.01. The van der Waals surface area contributed by atoms with Crippen LogP contribution < -0.4 is 5.73 Å². The van der Waals surface area contributed by atoms with Crippen molar-refractivity contribution in [2.75, 3.05) is 25.4 Å². The molecule has 0 aromatic heterocycles. The van der Waals surface area contributed by atoms with Crippen molar-refractivity contribution in [3.63, 3.8) is 0 Å². The number of nitrogens with two attached hydrogens (primary N) is 1. The molecule has 0 aromatic carbocycles. The third-order valence-electron chi connectivity index (χ3n) is 2.84. The third-order valence-corrected chi connectivity index (χ3v) is 4.35. The molecular weight excluding hydrogens is 280 g/mol. The zero-order chi connectivity index (χ0) is 15.4. The van der Waals surface area contributed by atoms with Crippen LogP contribution in [0.4, 0.5) is 4.79 Å². The number of hydrogen-bond donors (Lipinski definition) is 2. The summed E-state index contributed by atoms with van der Waals surface area (Å²) in [6.07, 6.45) is 0.526. The summed E-state index contributed by atoms with van der Waals surface area (Å²) in [4.78, 5) is 24.4. The van der Waals surface area contributed by atoms with Crippen molar-refractivity contribution in [2.45, 2.75) is 44.0 Å². The van der Waals surface area contributed by atoms with E-state index < -0.39 is 16.3 Å². The van der Waals surface area contributed by atoms with E-state index in [2.05, 4.69) is 0 Å². The number of carbonyl (C=O) groups is 2. The number of aliphatic carboxylic acids is 1. The van der Waals surface area contributed by atoms with Gasteiger partial charge in [0.25, 0.3) is 0 Å². The Morgan fingerprint density at radius 1 is 1.40 bits per heavy atom. The first-order valence-corrected chi connectivity index (χ1v) is 7.70. The molecule has 0 spiro atoms. The van der Waals surface area contributed by atoms with Crippen LogP contribution in [0.1, 0.15) is 33.6 Å². The lowest BCUT2D eigenvalue weighted by atomic mass is 9.95. The first-order chi connectivity index (χ1) is 9.17. The Kier molecular flexibility index (Phi) is 5.70. The summed E-state index contributed by atoms with van der Waals surface area (Å²) in [5.74, 6) is -0.0274. The molecule has 0 aliphatic carbocycles. The van der Waals surface area contributed by atoms with Crippen LogP contribution in [-0.4, -0.2) is 57.8 Å². The fourth-order valence-electron chi connectivity index (χ4n) is 2.01. The van der Waals surface area contributed by atoms with Gasteiger partial charge in [-0.1, -0.05) is 0 Å². The Hall–Kier alpha value is -0.950. The van der Waals surface area contributed by atoms with E-state index in [0.29, 0.717) is 19.6 Å². The maximum absolute atomic E-state index is 11.9. The second-order valence-corrected chi connectivity index (χ2v) is 7.64. The highest BCUT2D eigenvalue weighted by Crippen LogP contribution is 2.39. The molecule has 20 heavy (non-hydrogen) atoms. The van der Waals surface area contributed by atoms with Crippen LogP contribution in [0.3, 0.4) is 0 Å². The SMILES string of the molecule is CC(C)(C)OC(=O)N1CC(CC(=O)O)(SCCCN)C1. The lowest BCUT2D eigenvalue weighted by Crippen LogP contribution is -2.63. The molecule has 116 valence electrons. The average Bonchev–Trinajstić information content (AvgIpc) is 2.21. The predicted molar refractivity (Wildman–Crippen MR) is 78.9 cm³/mol. The molecule has 7 heteroatoms. The Morgan fingerprint density at radius 2 is 2.00 bits per heavy atom. The van der Waals surface area contributed by atoms with Crippen LogP contribution in [0.25, 0.3) is 0 Å². The van der Waals surface area contributed by atoms with E-state index in [1.807, 2.05) is 20.8 Å². The van der Waals surface area contributed by atoms with Crippen molar-refractivity contribution >= 4 is 23.8 Å². The van der Waals surface area contributed by atoms with Crippen LogP contribution in [0.5, 0.6) is 0 Å². The number of thioether (sulfide) groups is 1. The van der Waals surface area contributed by atoms with Crippen LogP contribution in [-0.2, 0) is 9.53 Å². The minimum absolute atomic E-state index is 0.0571. The molecule has 1 rings (SSSR count). The van der Waals surface area contributed by atoms with Gasteiger partial charge in [-0.15, -0.1) is 0 Å². The molecule has 0 atom stereocenters. The predicted octanol–water partition coefficient (Wildman–Crippen LogP) is 1.53. The highest BCUT2D eigenvalue weighted by molar-refractivity contribution is 8.00. The maximum atomic E-state index is 11.9. The van der Waals surface area contributed by atoms with E-state index in [9.17, 15) is 9.59 Å². The van der Waals surface area contributed by atoms with Crippen LogP contribution in [0.15, 0.2) is 0 Å².